The van der Waals surface area contributed by atoms with Gasteiger partial charge in [0.2, 0.25) is 0 Å². The predicted octanol–water partition coefficient (Wildman–Crippen LogP) is 1.77. The first-order valence-electron chi connectivity index (χ1n) is 5.43. The molecule has 2 N–H and O–H groups in total. The topological polar surface area (TPSA) is 75.4 Å². The molecular weight excluding hydrogens is 277 g/mol. The molecule has 0 heterocycles. The van der Waals surface area contributed by atoms with Gasteiger partial charge in [0.25, 0.3) is 0 Å². The molecule has 1 aromatic carbocycles. The van der Waals surface area contributed by atoms with Crippen LogP contribution in [0.15, 0.2) is 24.3 Å². The van der Waals surface area contributed by atoms with Crippen LogP contribution >= 0.6 is 6.72 Å². The largest absolute Gasteiger partial charge is 0.595 e. The van der Waals surface area contributed by atoms with Gasteiger partial charge in [-0.15, -0.1) is 0 Å². The smallest absolute Gasteiger partial charge is 0.380 e. The number of nitrogens with one attached hydrogen (secondary N) is 1. The Labute approximate surface area is 111 Å². The van der Waals surface area contributed by atoms with Gasteiger partial charge in [-0.1, -0.05) is 0 Å². The fourth-order valence-electron chi connectivity index (χ4n) is 1.19. The minimum atomic E-state index is -2.79. The van der Waals surface area contributed by atoms with Crippen molar-refractivity contribution >= 4 is 24.2 Å². The molecule has 1 unspecified atom stereocenters. The Balaban J connectivity index is 2.78. The van der Waals surface area contributed by atoms with Crippen molar-refractivity contribution in [3.8, 4) is 5.75 Å². The van der Waals surface area contributed by atoms with Crippen LogP contribution in [0.5, 0.6) is 5.75 Å². The third-order valence-corrected chi connectivity index (χ3v) is 4.33. The first-order valence-corrected chi connectivity index (χ1v) is 7.98. The second kappa shape index (κ2) is 7.16. The maximum atomic E-state index is 10.7. The van der Waals surface area contributed by atoms with Crippen molar-refractivity contribution in [1.82, 2.24) is 0 Å². The van der Waals surface area contributed by atoms with Gasteiger partial charge in [0.1, 0.15) is 5.75 Å². The molecule has 8 heteroatoms. The van der Waals surface area contributed by atoms with Gasteiger partial charge in [0.05, 0.1) is 13.2 Å². The molecule has 0 saturated heterocycles. The van der Waals surface area contributed by atoms with E-state index in [-0.39, 0.29) is 5.69 Å². The van der Waals surface area contributed by atoms with E-state index in [0.29, 0.717) is 19.0 Å². The summed E-state index contributed by atoms with van der Waals surface area (Å²) in [7, 11) is 0. The lowest BCUT2D eigenvalue weighted by Crippen LogP contribution is -2.99. The van der Waals surface area contributed by atoms with Gasteiger partial charge in [-0.2, -0.15) is 5.23 Å². The van der Waals surface area contributed by atoms with E-state index in [1.165, 1.54) is 24.3 Å². The Bertz CT molecular complexity index is 401. The Morgan fingerprint density at radius 1 is 1.22 bits per heavy atom. The molecule has 0 aliphatic rings. The minimum absolute atomic E-state index is 0.184. The van der Waals surface area contributed by atoms with E-state index < -0.39 is 11.9 Å². The second-order valence-corrected chi connectivity index (χ2v) is 6.14. The zero-order chi connectivity index (χ0) is 13.6. The lowest BCUT2D eigenvalue weighted by Gasteiger charge is -2.21. The van der Waals surface area contributed by atoms with Crippen LogP contribution in [-0.4, -0.2) is 18.4 Å². The highest BCUT2D eigenvalue weighted by atomic mass is 32.5. The molecular formula is C10H16NO5PS. The SMILES string of the molecule is CCOP(=S)(OCC)Oc1ccc([NH+]([O-])O)cc1. The quantitative estimate of drug-likeness (QED) is 0.589. The minimum Gasteiger partial charge on any atom is -0.595 e. The van der Waals surface area contributed by atoms with Gasteiger partial charge < -0.3 is 9.73 Å². The van der Waals surface area contributed by atoms with Gasteiger partial charge in [-0.25, -0.2) is 5.21 Å². The van der Waals surface area contributed by atoms with Gasteiger partial charge in [0, 0.05) is 23.9 Å². The second-order valence-electron chi connectivity index (χ2n) is 3.20. The third kappa shape index (κ3) is 4.62. The summed E-state index contributed by atoms with van der Waals surface area (Å²) < 4.78 is 16.1. The van der Waals surface area contributed by atoms with Crippen LogP contribution in [-0.2, 0) is 20.9 Å². The van der Waals surface area contributed by atoms with E-state index >= 15 is 0 Å². The van der Waals surface area contributed by atoms with Gasteiger partial charge in [-0.3, -0.25) is 9.05 Å². The monoisotopic (exact) mass is 293 g/mol. The fraction of sp³-hybridized carbons (Fsp3) is 0.400. The van der Waals surface area contributed by atoms with Crippen molar-refractivity contribution in [2.45, 2.75) is 13.8 Å². The molecule has 0 bridgehead atoms. The summed E-state index contributed by atoms with van der Waals surface area (Å²) in [6.07, 6.45) is 0. The first-order chi connectivity index (χ1) is 8.50. The molecule has 1 atom stereocenters. The molecule has 0 radical (unpaired) electrons. The summed E-state index contributed by atoms with van der Waals surface area (Å²) in [5.41, 5.74) is 0.184. The van der Waals surface area contributed by atoms with Crippen LogP contribution in [0.25, 0.3) is 0 Å². The summed E-state index contributed by atoms with van der Waals surface area (Å²) in [6.45, 7) is 1.60. The zero-order valence-corrected chi connectivity index (χ0v) is 11.9. The summed E-state index contributed by atoms with van der Waals surface area (Å²) in [5.74, 6) is 0.435. The summed E-state index contributed by atoms with van der Waals surface area (Å²) in [5, 5.41) is 18.5. The highest BCUT2D eigenvalue weighted by molar-refractivity contribution is 8.07. The zero-order valence-electron chi connectivity index (χ0n) is 10.2. The van der Waals surface area contributed by atoms with E-state index in [2.05, 4.69) is 0 Å². The maximum Gasteiger partial charge on any atom is 0.380 e. The van der Waals surface area contributed by atoms with Gasteiger partial charge >= 0.3 is 6.72 Å². The molecule has 0 amide bonds. The van der Waals surface area contributed by atoms with Gasteiger partial charge in [0.15, 0.2) is 5.69 Å². The Kier molecular flexibility index (Phi) is 6.17. The average Bonchev–Trinajstić information content (AvgIpc) is 2.30. The predicted molar refractivity (Wildman–Crippen MR) is 70.4 cm³/mol. The highest BCUT2D eigenvalue weighted by Crippen LogP contribution is 2.49. The standard InChI is InChI=1S/C10H16NO5PS/c1-3-14-17(18,15-4-2)16-10-7-5-9(6-8-10)11(12)13/h5-8,11-12H,3-4H2,1-2H3. The Morgan fingerprint density at radius 2 is 1.72 bits per heavy atom. The first kappa shape index (κ1) is 15.5. The van der Waals surface area contributed by atoms with Crippen molar-refractivity contribution in [3.63, 3.8) is 0 Å². The van der Waals surface area contributed by atoms with E-state index in [9.17, 15) is 5.21 Å². The lowest BCUT2D eigenvalue weighted by atomic mass is 10.3. The highest BCUT2D eigenvalue weighted by Gasteiger charge is 2.21. The molecule has 0 aliphatic carbocycles. The average molecular weight is 293 g/mol. The van der Waals surface area contributed by atoms with Crippen LogP contribution in [0.3, 0.4) is 0 Å². The molecule has 1 rings (SSSR count). The summed E-state index contributed by atoms with van der Waals surface area (Å²) >= 11 is 5.19. The molecule has 18 heavy (non-hydrogen) atoms. The van der Waals surface area contributed by atoms with Crippen LogP contribution in [0.1, 0.15) is 13.8 Å². The summed E-state index contributed by atoms with van der Waals surface area (Å²) in [6, 6.07) is 5.94. The van der Waals surface area contributed by atoms with Crippen LogP contribution in [0.2, 0.25) is 0 Å². The lowest BCUT2D eigenvalue weighted by molar-refractivity contribution is -0.991. The van der Waals surface area contributed by atoms with Crippen molar-refractivity contribution in [2.24, 2.45) is 0 Å². The molecule has 0 aromatic heterocycles. The van der Waals surface area contributed by atoms with Crippen LogP contribution < -0.4 is 9.75 Å². The van der Waals surface area contributed by atoms with Crippen LogP contribution in [0, 0.1) is 5.21 Å². The van der Waals surface area contributed by atoms with Gasteiger partial charge in [-0.05, 0) is 26.0 Å². The number of hydrogen-bond donors (Lipinski definition) is 2. The van der Waals surface area contributed by atoms with Crippen molar-refractivity contribution in [3.05, 3.63) is 29.5 Å². The molecule has 0 fully saturated rings. The number of benzene rings is 1. The normalized spacial score (nSPS) is 13.3. The number of hydrogen-bond acceptors (Lipinski definition) is 6. The van der Waals surface area contributed by atoms with Crippen molar-refractivity contribution in [1.29, 1.82) is 0 Å². The number of quaternary nitrogens is 1. The van der Waals surface area contributed by atoms with E-state index in [0.717, 1.165) is 0 Å². The van der Waals surface area contributed by atoms with Crippen molar-refractivity contribution in [2.75, 3.05) is 13.2 Å². The van der Waals surface area contributed by atoms with Crippen LogP contribution in [0.4, 0.5) is 5.69 Å². The fourth-order valence-corrected chi connectivity index (χ4v) is 3.28. The van der Waals surface area contributed by atoms with E-state index in [1.54, 1.807) is 13.8 Å². The number of rotatable bonds is 7. The molecule has 1 aromatic rings. The third-order valence-electron chi connectivity index (χ3n) is 1.89. The van der Waals surface area contributed by atoms with E-state index in [4.69, 9.17) is 30.6 Å². The Morgan fingerprint density at radius 3 is 2.11 bits per heavy atom. The molecule has 102 valence electrons. The van der Waals surface area contributed by atoms with Crippen molar-refractivity contribution < 1.29 is 24.0 Å². The maximum absolute atomic E-state index is 10.7. The molecule has 6 nitrogen and oxygen atoms in total. The van der Waals surface area contributed by atoms with E-state index in [1.807, 2.05) is 0 Å². The Hall–Kier alpha value is -0.530. The molecule has 0 aliphatic heterocycles. The molecule has 0 spiro atoms. The summed E-state index contributed by atoms with van der Waals surface area (Å²) in [4.78, 5) is 0. The molecule has 0 saturated carbocycles.